The highest BCUT2D eigenvalue weighted by molar-refractivity contribution is 5.92. The van der Waals surface area contributed by atoms with Crippen LogP contribution in [0.4, 0.5) is 5.69 Å². The van der Waals surface area contributed by atoms with Crippen LogP contribution in [0.3, 0.4) is 0 Å². The summed E-state index contributed by atoms with van der Waals surface area (Å²) in [5.74, 6) is 0.0732. The zero-order valence-corrected chi connectivity index (χ0v) is 19.6. The Morgan fingerprint density at radius 1 is 1.03 bits per heavy atom. The Bertz CT molecular complexity index is 911. The standard InChI is InChI=1S/C25H35N5O3/c1-21(31)30-16-6-13-27(23-9-17-33-18-10-23)12-5-14-28(19-22-7-2-3-8-24(22)30)25(32)20-29-15-4-11-26-29/h2-4,7-8,11,15,23H,5-6,9-10,12-14,16-20H2,1H3. The van der Waals surface area contributed by atoms with Gasteiger partial charge in [-0.25, -0.2) is 0 Å². The molecule has 2 aromatic rings. The van der Waals surface area contributed by atoms with Crippen molar-refractivity contribution in [3.63, 3.8) is 0 Å². The van der Waals surface area contributed by atoms with E-state index in [4.69, 9.17) is 4.74 Å². The minimum absolute atomic E-state index is 0.0338. The van der Waals surface area contributed by atoms with E-state index in [9.17, 15) is 9.59 Å². The van der Waals surface area contributed by atoms with Gasteiger partial charge in [-0.15, -0.1) is 0 Å². The van der Waals surface area contributed by atoms with Crippen LogP contribution in [0.1, 0.15) is 38.2 Å². The van der Waals surface area contributed by atoms with E-state index in [0.29, 0.717) is 25.7 Å². The lowest BCUT2D eigenvalue weighted by Gasteiger charge is -2.36. The van der Waals surface area contributed by atoms with E-state index in [0.717, 1.165) is 63.2 Å². The van der Waals surface area contributed by atoms with E-state index in [1.807, 2.05) is 46.3 Å². The Kier molecular flexibility index (Phi) is 8.12. The molecule has 0 unspecified atom stereocenters. The number of rotatable bonds is 3. The summed E-state index contributed by atoms with van der Waals surface area (Å²) in [6.07, 6.45) is 7.43. The number of aromatic nitrogens is 2. The van der Waals surface area contributed by atoms with Crippen LogP contribution in [0.5, 0.6) is 0 Å². The first kappa shape index (κ1) is 23.4. The predicted molar refractivity (Wildman–Crippen MR) is 127 cm³/mol. The van der Waals surface area contributed by atoms with E-state index in [2.05, 4.69) is 10.00 Å². The van der Waals surface area contributed by atoms with Gasteiger partial charge >= 0.3 is 0 Å². The lowest BCUT2D eigenvalue weighted by atomic mass is 10.1. The number of hydrogen-bond acceptors (Lipinski definition) is 5. The van der Waals surface area contributed by atoms with Gasteiger partial charge in [0, 0.05) is 77.0 Å². The highest BCUT2D eigenvalue weighted by Crippen LogP contribution is 2.24. The molecule has 0 atom stereocenters. The molecule has 0 radical (unpaired) electrons. The molecule has 1 aromatic carbocycles. The van der Waals surface area contributed by atoms with Crippen LogP contribution >= 0.6 is 0 Å². The van der Waals surface area contributed by atoms with Crippen molar-refractivity contribution < 1.29 is 14.3 Å². The van der Waals surface area contributed by atoms with Crippen LogP contribution in [-0.4, -0.2) is 76.8 Å². The van der Waals surface area contributed by atoms with Crippen molar-refractivity contribution in [3.8, 4) is 0 Å². The maximum atomic E-state index is 13.2. The number of amides is 2. The van der Waals surface area contributed by atoms with Crippen LogP contribution in [0.25, 0.3) is 0 Å². The topological polar surface area (TPSA) is 70.9 Å². The molecule has 1 fully saturated rings. The second-order valence-electron chi connectivity index (χ2n) is 8.90. The largest absolute Gasteiger partial charge is 0.381 e. The molecule has 8 heteroatoms. The maximum Gasteiger partial charge on any atom is 0.244 e. The van der Waals surface area contributed by atoms with Crippen molar-refractivity contribution in [2.75, 3.05) is 44.3 Å². The molecule has 0 aliphatic carbocycles. The van der Waals surface area contributed by atoms with Gasteiger partial charge in [0.25, 0.3) is 0 Å². The quantitative estimate of drug-likeness (QED) is 0.714. The number of ether oxygens (including phenoxy) is 1. The third-order valence-electron chi connectivity index (χ3n) is 6.64. The van der Waals surface area contributed by atoms with Gasteiger partial charge in [-0.1, -0.05) is 18.2 Å². The number of benzene rings is 1. The van der Waals surface area contributed by atoms with Gasteiger partial charge in [0.05, 0.1) is 0 Å². The van der Waals surface area contributed by atoms with Gasteiger partial charge in [-0.3, -0.25) is 14.3 Å². The highest BCUT2D eigenvalue weighted by Gasteiger charge is 2.25. The number of nitrogens with zero attached hydrogens (tertiary/aromatic N) is 5. The summed E-state index contributed by atoms with van der Waals surface area (Å²) in [4.78, 5) is 32.2. The molecule has 0 N–H and O–H groups in total. The van der Waals surface area contributed by atoms with Gasteiger partial charge in [-0.2, -0.15) is 5.10 Å². The van der Waals surface area contributed by atoms with Crippen molar-refractivity contribution in [1.29, 1.82) is 0 Å². The van der Waals surface area contributed by atoms with Gasteiger partial charge in [0.15, 0.2) is 0 Å². The first-order chi connectivity index (χ1) is 16.1. The summed E-state index contributed by atoms with van der Waals surface area (Å²) in [6.45, 7) is 7.18. The van der Waals surface area contributed by atoms with Crippen LogP contribution in [0.2, 0.25) is 0 Å². The first-order valence-corrected chi connectivity index (χ1v) is 12.0. The minimum atomic E-state index is 0.0338. The molecule has 1 aromatic heterocycles. The Balaban J connectivity index is 1.58. The van der Waals surface area contributed by atoms with E-state index >= 15 is 0 Å². The molecule has 1 saturated heterocycles. The molecule has 0 bridgehead atoms. The van der Waals surface area contributed by atoms with Crippen LogP contribution in [0, 0.1) is 0 Å². The fraction of sp³-hybridized carbons (Fsp3) is 0.560. The van der Waals surface area contributed by atoms with Crippen molar-refractivity contribution >= 4 is 17.5 Å². The van der Waals surface area contributed by atoms with Gasteiger partial charge in [0.2, 0.25) is 11.8 Å². The average Bonchev–Trinajstić information content (AvgIpc) is 3.33. The Hall–Kier alpha value is -2.71. The number of carbonyl (C=O) groups excluding carboxylic acids is 2. The third-order valence-corrected chi connectivity index (χ3v) is 6.64. The monoisotopic (exact) mass is 453 g/mol. The first-order valence-electron chi connectivity index (χ1n) is 12.0. The lowest BCUT2D eigenvalue weighted by molar-refractivity contribution is -0.132. The Morgan fingerprint density at radius 3 is 2.52 bits per heavy atom. The van der Waals surface area contributed by atoms with Gasteiger partial charge in [-0.05, 0) is 43.4 Å². The lowest BCUT2D eigenvalue weighted by Crippen LogP contribution is -2.44. The van der Waals surface area contributed by atoms with Gasteiger partial charge in [0.1, 0.15) is 6.54 Å². The van der Waals surface area contributed by atoms with Gasteiger partial charge < -0.3 is 19.4 Å². The van der Waals surface area contributed by atoms with Crippen LogP contribution in [0.15, 0.2) is 42.7 Å². The Labute approximate surface area is 196 Å². The molecule has 4 rings (SSSR count). The summed E-state index contributed by atoms with van der Waals surface area (Å²) in [7, 11) is 0. The molecular weight excluding hydrogens is 418 g/mol. The second kappa shape index (κ2) is 11.4. The number of anilines is 1. The molecule has 0 saturated carbocycles. The fourth-order valence-corrected chi connectivity index (χ4v) is 4.91. The molecule has 2 aliphatic rings. The predicted octanol–water partition coefficient (Wildman–Crippen LogP) is 2.54. The zero-order valence-electron chi connectivity index (χ0n) is 19.6. The summed E-state index contributed by atoms with van der Waals surface area (Å²) in [6, 6.07) is 10.3. The van der Waals surface area contributed by atoms with Crippen molar-refractivity contribution in [3.05, 3.63) is 48.3 Å². The normalized spacial score (nSPS) is 19.4. The summed E-state index contributed by atoms with van der Waals surface area (Å²) in [5, 5.41) is 4.20. The minimum Gasteiger partial charge on any atom is -0.381 e. The molecule has 3 heterocycles. The van der Waals surface area contributed by atoms with E-state index in [1.165, 1.54) is 0 Å². The molecule has 178 valence electrons. The molecule has 0 spiro atoms. The summed E-state index contributed by atoms with van der Waals surface area (Å²) >= 11 is 0. The Morgan fingerprint density at radius 2 is 1.79 bits per heavy atom. The van der Waals surface area contributed by atoms with Crippen molar-refractivity contribution in [2.24, 2.45) is 0 Å². The highest BCUT2D eigenvalue weighted by atomic mass is 16.5. The number of hydrogen-bond donors (Lipinski definition) is 0. The smallest absolute Gasteiger partial charge is 0.244 e. The molecule has 33 heavy (non-hydrogen) atoms. The molecule has 2 aliphatic heterocycles. The third kappa shape index (κ3) is 6.21. The molecular formula is C25H35N5O3. The van der Waals surface area contributed by atoms with Crippen LogP contribution < -0.4 is 4.90 Å². The number of para-hydroxylation sites is 1. The molecule has 2 amide bonds. The van der Waals surface area contributed by atoms with Crippen molar-refractivity contribution in [1.82, 2.24) is 19.6 Å². The summed E-state index contributed by atoms with van der Waals surface area (Å²) < 4.78 is 7.24. The SMILES string of the molecule is CC(=O)N1CCCN(C2CCOCC2)CCCN(C(=O)Cn2cccn2)Cc2ccccc21. The van der Waals surface area contributed by atoms with E-state index in [1.54, 1.807) is 17.8 Å². The zero-order chi connectivity index (χ0) is 23.0. The number of carbonyl (C=O) groups is 2. The van der Waals surface area contributed by atoms with E-state index in [-0.39, 0.29) is 18.4 Å². The van der Waals surface area contributed by atoms with Crippen molar-refractivity contribution in [2.45, 2.75) is 51.7 Å². The molecule has 8 nitrogen and oxygen atoms in total. The number of fused-ring (bicyclic) bond motifs is 1. The van der Waals surface area contributed by atoms with Crippen LogP contribution in [-0.2, 0) is 27.4 Å². The average molecular weight is 454 g/mol. The summed E-state index contributed by atoms with van der Waals surface area (Å²) in [5.41, 5.74) is 1.91. The fourth-order valence-electron chi connectivity index (χ4n) is 4.91. The van der Waals surface area contributed by atoms with E-state index < -0.39 is 0 Å². The second-order valence-corrected chi connectivity index (χ2v) is 8.90. The maximum absolute atomic E-state index is 13.2.